The second-order valence-electron chi connectivity index (χ2n) is 18.0. The smallest absolute Gasteiger partial charge is 0.132 e. The predicted molar refractivity (Wildman–Crippen MR) is 281 cm³/mol. The van der Waals surface area contributed by atoms with Crippen LogP contribution in [0.4, 0.5) is 0 Å². The van der Waals surface area contributed by atoms with E-state index in [4.69, 9.17) is 4.99 Å². The summed E-state index contributed by atoms with van der Waals surface area (Å²) in [6, 6.07) is 82.1. The molecule has 14 rings (SSSR count). The van der Waals surface area contributed by atoms with Crippen LogP contribution in [0.2, 0.25) is 0 Å². The monoisotopic (exact) mass is 857 g/mol. The van der Waals surface area contributed by atoms with E-state index in [1.807, 2.05) is 0 Å². The number of fused-ring (bicyclic) bond motifs is 11. The Morgan fingerprint density at radius 1 is 0.388 bits per heavy atom. The Morgan fingerprint density at radius 2 is 0.940 bits per heavy atom. The first-order valence-electron chi connectivity index (χ1n) is 23.2. The maximum absolute atomic E-state index is 5.56. The Kier molecular flexibility index (Phi) is 8.33. The van der Waals surface area contributed by atoms with E-state index >= 15 is 0 Å². The first kappa shape index (κ1) is 37.8. The van der Waals surface area contributed by atoms with Crippen molar-refractivity contribution >= 4 is 92.5 Å². The van der Waals surface area contributed by atoms with Gasteiger partial charge in [0.15, 0.2) is 0 Å². The summed E-state index contributed by atoms with van der Waals surface area (Å²) in [5, 5.41) is 18.7. The number of para-hydroxylation sites is 3. The Hall–Kier alpha value is -8.51. The van der Waals surface area contributed by atoms with Crippen LogP contribution >= 0.6 is 0 Å². The fourth-order valence-corrected chi connectivity index (χ4v) is 11.2. The molecule has 0 saturated heterocycles. The molecule has 0 saturated carbocycles. The molecule has 11 aromatic carbocycles. The number of hydrogen-bond acceptors (Lipinski definition) is 3. The zero-order valence-electron chi connectivity index (χ0n) is 36.8. The van der Waals surface area contributed by atoms with Gasteiger partial charge in [-0.05, 0) is 116 Å². The molecule has 67 heavy (non-hydrogen) atoms. The highest BCUT2D eigenvalue weighted by atomic mass is 15.4. The van der Waals surface area contributed by atoms with Gasteiger partial charge < -0.3 is 14.5 Å². The molecule has 0 spiro atoms. The minimum absolute atomic E-state index is 0.221. The lowest BCUT2D eigenvalue weighted by atomic mass is 9.95. The molecule has 0 fully saturated rings. The number of aromatic nitrogens is 2. The molecule has 2 atom stereocenters. The van der Waals surface area contributed by atoms with Crippen molar-refractivity contribution in [3.63, 3.8) is 0 Å². The Labute approximate surface area is 387 Å². The van der Waals surface area contributed by atoms with Gasteiger partial charge in [0.25, 0.3) is 0 Å². The topological polar surface area (TPSA) is 37.5 Å². The zero-order valence-corrected chi connectivity index (χ0v) is 36.8. The standard InChI is InChI=1S/C62H43N5/c1-65-61(39-17-3-2-4-18-39)63-60(54-35-43-21-7-8-22-46(43)47-23-9-10-24-48(47)54)64-62(65)51-27-13-16-30-57(51)67-56-29-15-12-26-50(56)53-36-44-33-45(32-31-42(44)38-59(53)67)66-55-28-14-11-25-49(55)52-34-40-19-5-6-20-41(40)37-58(52)66/h2-38,61-62H,1H3,(H,63,64). The molecular formula is C62H43N5. The van der Waals surface area contributed by atoms with Crippen LogP contribution < -0.4 is 5.32 Å². The number of amidine groups is 1. The van der Waals surface area contributed by atoms with Crippen LogP contribution in [0.3, 0.4) is 0 Å². The largest absolute Gasteiger partial charge is 0.350 e. The van der Waals surface area contributed by atoms with Crippen molar-refractivity contribution in [2.24, 2.45) is 4.99 Å². The lowest BCUT2D eigenvalue weighted by molar-refractivity contribution is 0.152. The van der Waals surface area contributed by atoms with E-state index in [9.17, 15) is 0 Å². The molecular weight excluding hydrogens is 815 g/mol. The van der Waals surface area contributed by atoms with Gasteiger partial charge in [0.1, 0.15) is 18.2 Å². The van der Waals surface area contributed by atoms with Crippen molar-refractivity contribution in [1.82, 2.24) is 19.4 Å². The molecule has 1 aliphatic rings. The lowest BCUT2D eigenvalue weighted by Gasteiger charge is -2.40. The zero-order chi connectivity index (χ0) is 44.2. The van der Waals surface area contributed by atoms with Crippen LogP contribution in [-0.2, 0) is 0 Å². The van der Waals surface area contributed by atoms with E-state index in [0.717, 1.165) is 28.3 Å². The fraction of sp³-hybridized carbons (Fsp3) is 0.0484. The molecule has 0 bridgehead atoms. The maximum atomic E-state index is 5.56. The molecule has 2 unspecified atom stereocenters. The minimum atomic E-state index is -0.231. The predicted octanol–water partition coefficient (Wildman–Crippen LogP) is 15.2. The number of aliphatic imine (C=N–C) groups is 1. The van der Waals surface area contributed by atoms with E-state index in [1.54, 1.807) is 0 Å². The summed E-state index contributed by atoms with van der Waals surface area (Å²) in [4.78, 5) is 7.94. The summed E-state index contributed by atoms with van der Waals surface area (Å²) in [7, 11) is 2.20. The van der Waals surface area contributed by atoms with E-state index in [1.165, 1.54) is 92.3 Å². The molecule has 316 valence electrons. The van der Waals surface area contributed by atoms with Crippen molar-refractivity contribution in [2.75, 3.05) is 7.05 Å². The molecule has 13 aromatic rings. The van der Waals surface area contributed by atoms with Crippen molar-refractivity contribution in [2.45, 2.75) is 12.3 Å². The molecule has 0 radical (unpaired) electrons. The molecule has 0 amide bonds. The van der Waals surface area contributed by atoms with Crippen molar-refractivity contribution in [3.05, 3.63) is 241 Å². The van der Waals surface area contributed by atoms with Crippen LogP contribution in [0.25, 0.3) is 98.1 Å². The lowest BCUT2D eigenvalue weighted by Crippen LogP contribution is -2.46. The van der Waals surface area contributed by atoms with Crippen LogP contribution in [0.5, 0.6) is 0 Å². The summed E-state index contributed by atoms with van der Waals surface area (Å²) >= 11 is 0. The maximum Gasteiger partial charge on any atom is 0.132 e. The Morgan fingerprint density at radius 3 is 1.70 bits per heavy atom. The van der Waals surface area contributed by atoms with Gasteiger partial charge in [-0.1, -0.05) is 164 Å². The van der Waals surface area contributed by atoms with Crippen LogP contribution in [0, 0.1) is 0 Å². The molecule has 1 N–H and O–H groups in total. The van der Waals surface area contributed by atoms with E-state index in [-0.39, 0.29) is 12.3 Å². The number of nitrogens with one attached hydrogen (secondary N) is 1. The normalized spacial score (nSPS) is 15.7. The minimum Gasteiger partial charge on any atom is -0.350 e. The van der Waals surface area contributed by atoms with Gasteiger partial charge in [0.05, 0.1) is 27.8 Å². The summed E-state index contributed by atoms with van der Waals surface area (Å²) < 4.78 is 4.92. The number of benzene rings is 11. The van der Waals surface area contributed by atoms with Gasteiger partial charge in [0.2, 0.25) is 0 Å². The second kappa shape index (κ2) is 14.8. The van der Waals surface area contributed by atoms with Gasteiger partial charge >= 0.3 is 0 Å². The number of rotatable bonds is 5. The van der Waals surface area contributed by atoms with Crippen LogP contribution in [0.1, 0.15) is 29.0 Å². The molecule has 3 heterocycles. The second-order valence-corrected chi connectivity index (χ2v) is 18.0. The summed E-state index contributed by atoms with van der Waals surface area (Å²) in [6.07, 6.45) is -0.452. The molecule has 5 heteroatoms. The van der Waals surface area contributed by atoms with Gasteiger partial charge in [-0.2, -0.15) is 0 Å². The van der Waals surface area contributed by atoms with Gasteiger partial charge in [-0.3, -0.25) is 4.90 Å². The van der Waals surface area contributed by atoms with Crippen molar-refractivity contribution < 1.29 is 0 Å². The van der Waals surface area contributed by atoms with Crippen LogP contribution in [-0.4, -0.2) is 26.9 Å². The third kappa shape index (κ3) is 5.81. The van der Waals surface area contributed by atoms with E-state index < -0.39 is 0 Å². The highest BCUT2D eigenvalue weighted by Crippen LogP contribution is 2.42. The SMILES string of the molecule is CN1C(c2ccccc2)N=C(c2cc3ccccc3c3ccccc23)NC1c1ccccc1-n1c2ccccc2c2cc3cc(-n4c5ccccc5c5cc6ccccc6cc54)ccc3cc21. The first-order valence-corrected chi connectivity index (χ1v) is 23.2. The Balaban J connectivity index is 0.947. The highest BCUT2D eigenvalue weighted by Gasteiger charge is 2.34. The number of nitrogens with zero attached hydrogens (tertiary/aromatic N) is 4. The first-order chi connectivity index (χ1) is 33.1. The quantitative estimate of drug-likeness (QED) is 0.175. The Bertz CT molecular complexity index is 4180. The third-order valence-corrected chi connectivity index (χ3v) is 14.3. The van der Waals surface area contributed by atoms with Gasteiger partial charge in [-0.25, -0.2) is 4.99 Å². The average Bonchev–Trinajstić information content (AvgIpc) is 3.88. The summed E-state index contributed by atoms with van der Waals surface area (Å²) in [5.74, 6) is 0.883. The molecule has 5 nitrogen and oxygen atoms in total. The van der Waals surface area contributed by atoms with Gasteiger partial charge in [-0.15, -0.1) is 0 Å². The van der Waals surface area contributed by atoms with E-state index in [2.05, 4.69) is 251 Å². The molecule has 0 aliphatic carbocycles. The van der Waals surface area contributed by atoms with E-state index in [0.29, 0.717) is 0 Å². The summed E-state index contributed by atoms with van der Waals surface area (Å²) in [6.45, 7) is 0. The molecule has 2 aromatic heterocycles. The number of hydrogen-bond donors (Lipinski definition) is 1. The average molecular weight is 858 g/mol. The third-order valence-electron chi connectivity index (χ3n) is 14.3. The van der Waals surface area contributed by atoms with Crippen molar-refractivity contribution in [3.8, 4) is 11.4 Å². The van der Waals surface area contributed by atoms with Gasteiger partial charge in [0, 0.05) is 38.4 Å². The summed E-state index contributed by atoms with van der Waals surface area (Å²) in [5.41, 5.74) is 10.5. The molecule has 1 aliphatic heterocycles. The highest BCUT2D eigenvalue weighted by molar-refractivity contribution is 6.19. The fourth-order valence-electron chi connectivity index (χ4n) is 11.2. The van der Waals surface area contributed by atoms with Crippen LogP contribution in [0.15, 0.2) is 229 Å². The van der Waals surface area contributed by atoms with Crippen molar-refractivity contribution in [1.29, 1.82) is 0 Å².